The first-order chi connectivity index (χ1) is 9.36. The Morgan fingerprint density at radius 1 is 1.16 bits per heavy atom. The molecule has 19 heavy (non-hydrogen) atoms. The number of ether oxygens (including phenoxy) is 2. The van der Waals surface area contributed by atoms with E-state index in [1.807, 2.05) is 6.07 Å². The molecule has 0 spiro atoms. The van der Waals surface area contributed by atoms with Crippen LogP contribution in [0.2, 0.25) is 0 Å². The van der Waals surface area contributed by atoms with Crippen molar-refractivity contribution in [1.29, 1.82) is 0 Å². The number of methoxy groups -OCH3 is 1. The van der Waals surface area contributed by atoms with E-state index < -0.39 is 0 Å². The lowest BCUT2D eigenvalue weighted by molar-refractivity contribution is 0.279. The Bertz CT molecular complexity index is 423. The van der Waals surface area contributed by atoms with Gasteiger partial charge in [-0.15, -0.1) is 0 Å². The molecule has 1 aromatic rings. The molecule has 2 aliphatic rings. The zero-order valence-corrected chi connectivity index (χ0v) is 11.7. The van der Waals surface area contributed by atoms with Crippen molar-refractivity contribution in [3.05, 3.63) is 23.8 Å². The number of hydrogen-bond acceptors (Lipinski definition) is 3. The third-order valence-corrected chi connectivity index (χ3v) is 4.07. The van der Waals surface area contributed by atoms with Gasteiger partial charge in [-0.25, -0.2) is 0 Å². The van der Waals surface area contributed by atoms with Crippen LogP contribution in [0, 0.1) is 5.92 Å². The third-order valence-electron chi connectivity index (χ3n) is 4.07. The predicted molar refractivity (Wildman–Crippen MR) is 75.8 cm³/mol. The van der Waals surface area contributed by atoms with Gasteiger partial charge in [-0.05, 0) is 55.8 Å². The molecule has 104 valence electrons. The molecule has 3 nitrogen and oxygen atoms in total. The number of rotatable bonds is 5. The summed E-state index contributed by atoms with van der Waals surface area (Å²) in [7, 11) is 1.71. The largest absolute Gasteiger partial charge is 0.493 e. The third kappa shape index (κ3) is 3.21. The second-order valence-corrected chi connectivity index (χ2v) is 5.67. The average molecular weight is 261 g/mol. The molecule has 1 aliphatic heterocycles. The summed E-state index contributed by atoms with van der Waals surface area (Å²) in [6, 6.07) is 6.83. The maximum absolute atomic E-state index is 5.93. The highest BCUT2D eigenvalue weighted by Crippen LogP contribution is 2.35. The Morgan fingerprint density at radius 2 is 2.05 bits per heavy atom. The molecule has 1 aromatic carbocycles. The van der Waals surface area contributed by atoms with Crippen molar-refractivity contribution < 1.29 is 9.47 Å². The summed E-state index contributed by atoms with van der Waals surface area (Å²) >= 11 is 0. The first-order valence-electron chi connectivity index (χ1n) is 7.41. The van der Waals surface area contributed by atoms with Gasteiger partial charge in [0, 0.05) is 6.04 Å². The van der Waals surface area contributed by atoms with E-state index in [1.54, 1.807) is 7.11 Å². The lowest BCUT2D eigenvalue weighted by Gasteiger charge is -2.24. The molecular formula is C16H23NO2. The fourth-order valence-corrected chi connectivity index (χ4v) is 2.65. The van der Waals surface area contributed by atoms with Crippen LogP contribution >= 0.6 is 0 Å². The zero-order valence-electron chi connectivity index (χ0n) is 11.7. The van der Waals surface area contributed by atoms with Crippen molar-refractivity contribution in [3.63, 3.8) is 0 Å². The molecule has 0 bridgehead atoms. The van der Waals surface area contributed by atoms with Crippen LogP contribution in [0.25, 0.3) is 0 Å². The van der Waals surface area contributed by atoms with Crippen LogP contribution in [0.5, 0.6) is 11.5 Å². The first-order valence-corrected chi connectivity index (χ1v) is 7.41. The Morgan fingerprint density at radius 3 is 2.74 bits per heavy atom. The topological polar surface area (TPSA) is 30.5 Å². The first kappa shape index (κ1) is 12.8. The molecule has 1 saturated heterocycles. The van der Waals surface area contributed by atoms with Crippen LogP contribution < -0.4 is 14.8 Å². The smallest absolute Gasteiger partial charge is 0.161 e. The lowest BCUT2D eigenvalue weighted by Crippen LogP contribution is -2.26. The Balaban J connectivity index is 1.74. The maximum atomic E-state index is 5.93. The summed E-state index contributed by atoms with van der Waals surface area (Å²) in [4.78, 5) is 0. The Kier molecular flexibility index (Phi) is 3.92. The average Bonchev–Trinajstić information content (AvgIpc) is 3.30. The molecule has 1 atom stereocenters. The van der Waals surface area contributed by atoms with Crippen LogP contribution in [-0.2, 0) is 0 Å². The molecule has 0 aromatic heterocycles. The predicted octanol–water partition coefficient (Wildman–Crippen LogP) is 3.30. The SMILES string of the molecule is COc1ccc(C2CCCCN2)cc1OCC1CC1. The second-order valence-electron chi connectivity index (χ2n) is 5.67. The van der Waals surface area contributed by atoms with Gasteiger partial charge in [-0.2, -0.15) is 0 Å². The molecule has 2 fully saturated rings. The molecule has 1 aliphatic carbocycles. The van der Waals surface area contributed by atoms with E-state index in [0.717, 1.165) is 30.6 Å². The molecule has 3 rings (SSSR count). The Hall–Kier alpha value is -1.22. The number of benzene rings is 1. The van der Waals surface area contributed by atoms with Gasteiger partial charge in [0.2, 0.25) is 0 Å². The Labute approximate surface area is 115 Å². The van der Waals surface area contributed by atoms with E-state index in [4.69, 9.17) is 9.47 Å². The van der Waals surface area contributed by atoms with E-state index in [-0.39, 0.29) is 0 Å². The zero-order chi connectivity index (χ0) is 13.1. The standard InChI is InChI=1S/C16H23NO2/c1-18-15-8-7-13(14-4-2-3-9-17-14)10-16(15)19-11-12-5-6-12/h7-8,10,12,14,17H,2-6,9,11H2,1H3. The minimum Gasteiger partial charge on any atom is -0.493 e. The molecule has 0 amide bonds. The normalized spacial score (nSPS) is 23.1. The molecule has 1 heterocycles. The van der Waals surface area contributed by atoms with Crippen LogP contribution in [0.15, 0.2) is 18.2 Å². The minimum atomic E-state index is 0.475. The van der Waals surface area contributed by atoms with E-state index in [9.17, 15) is 0 Å². The van der Waals surface area contributed by atoms with Gasteiger partial charge >= 0.3 is 0 Å². The summed E-state index contributed by atoms with van der Waals surface area (Å²) in [5.41, 5.74) is 1.33. The van der Waals surface area contributed by atoms with Gasteiger partial charge in [-0.3, -0.25) is 0 Å². The minimum absolute atomic E-state index is 0.475. The molecule has 3 heteroatoms. The fourth-order valence-electron chi connectivity index (χ4n) is 2.65. The van der Waals surface area contributed by atoms with E-state index in [1.165, 1.54) is 37.7 Å². The van der Waals surface area contributed by atoms with Gasteiger partial charge in [0.15, 0.2) is 11.5 Å². The van der Waals surface area contributed by atoms with E-state index in [2.05, 4.69) is 17.4 Å². The highest BCUT2D eigenvalue weighted by Gasteiger charge is 2.23. The van der Waals surface area contributed by atoms with E-state index in [0.29, 0.717) is 6.04 Å². The summed E-state index contributed by atoms with van der Waals surface area (Å²) in [6.45, 7) is 1.95. The van der Waals surface area contributed by atoms with Crippen molar-refractivity contribution in [1.82, 2.24) is 5.32 Å². The number of nitrogens with one attached hydrogen (secondary N) is 1. The van der Waals surface area contributed by atoms with Crippen molar-refractivity contribution >= 4 is 0 Å². The van der Waals surface area contributed by atoms with Gasteiger partial charge in [0.1, 0.15) is 0 Å². The second kappa shape index (κ2) is 5.83. The molecular weight excluding hydrogens is 238 g/mol. The maximum Gasteiger partial charge on any atom is 0.161 e. The quantitative estimate of drug-likeness (QED) is 0.882. The summed E-state index contributed by atoms with van der Waals surface area (Å²) in [6.07, 6.45) is 6.44. The molecule has 1 N–H and O–H groups in total. The number of piperidine rings is 1. The van der Waals surface area contributed by atoms with Crippen LogP contribution in [-0.4, -0.2) is 20.3 Å². The highest BCUT2D eigenvalue weighted by atomic mass is 16.5. The fraction of sp³-hybridized carbons (Fsp3) is 0.625. The summed E-state index contributed by atoms with van der Waals surface area (Å²) < 4.78 is 11.3. The van der Waals surface area contributed by atoms with E-state index >= 15 is 0 Å². The molecule has 1 unspecified atom stereocenters. The monoisotopic (exact) mass is 261 g/mol. The van der Waals surface area contributed by atoms with Gasteiger partial charge in [-0.1, -0.05) is 12.5 Å². The van der Waals surface area contributed by atoms with Crippen molar-refractivity contribution in [2.45, 2.75) is 38.1 Å². The van der Waals surface area contributed by atoms with Crippen molar-refractivity contribution in [3.8, 4) is 11.5 Å². The van der Waals surface area contributed by atoms with Crippen LogP contribution in [0.4, 0.5) is 0 Å². The van der Waals surface area contributed by atoms with Gasteiger partial charge < -0.3 is 14.8 Å². The van der Waals surface area contributed by atoms with Gasteiger partial charge in [0.05, 0.1) is 13.7 Å². The molecule has 1 saturated carbocycles. The lowest BCUT2D eigenvalue weighted by atomic mass is 9.97. The highest BCUT2D eigenvalue weighted by molar-refractivity contribution is 5.44. The van der Waals surface area contributed by atoms with Crippen molar-refractivity contribution in [2.24, 2.45) is 5.92 Å². The number of hydrogen-bond donors (Lipinski definition) is 1. The van der Waals surface area contributed by atoms with Crippen LogP contribution in [0.1, 0.15) is 43.7 Å². The summed E-state index contributed by atoms with van der Waals surface area (Å²) in [5, 5.41) is 3.58. The summed E-state index contributed by atoms with van der Waals surface area (Å²) in [5.74, 6) is 2.51. The van der Waals surface area contributed by atoms with Gasteiger partial charge in [0.25, 0.3) is 0 Å². The van der Waals surface area contributed by atoms with Crippen molar-refractivity contribution in [2.75, 3.05) is 20.3 Å². The molecule has 0 radical (unpaired) electrons. The van der Waals surface area contributed by atoms with Crippen LogP contribution in [0.3, 0.4) is 0 Å².